The molecule has 1 aromatic heterocycles. The summed E-state index contributed by atoms with van der Waals surface area (Å²) in [5.41, 5.74) is 2.91. The fourth-order valence-electron chi connectivity index (χ4n) is 9.68. The van der Waals surface area contributed by atoms with Crippen molar-refractivity contribution in [2.24, 2.45) is 0 Å². The molecular formula is C56H95N2+. The minimum Gasteiger partial charge on any atom is -0.237 e. The lowest BCUT2D eigenvalue weighted by molar-refractivity contribution is -0.697. The first-order chi connectivity index (χ1) is 28.7. The van der Waals surface area contributed by atoms with Crippen LogP contribution < -0.4 is 4.57 Å². The van der Waals surface area contributed by atoms with Crippen LogP contribution >= 0.6 is 0 Å². The fraction of sp³-hybridized carbons (Fsp3) is 0.732. The first-order valence-corrected chi connectivity index (χ1v) is 25.8. The Balaban J connectivity index is 1.40. The average molecular weight is 796 g/mol. The number of hydrogen-bond acceptors (Lipinski definition) is 0. The molecule has 0 amide bonds. The van der Waals surface area contributed by atoms with Gasteiger partial charge in [-0.25, -0.2) is 9.13 Å². The van der Waals surface area contributed by atoms with Crippen molar-refractivity contribution in [3.63, 3.8) is 0 Å². The van der Waals surface area contributed by atoms with Gasteiger partial charge in [0, 0.05) is 5.41 Å². The molecule has 0 saturated carbocycles. The van der Waals surface area contributed by atoms with Gasteiger partial charge in [0.15, 0.2) is 0 Å². The Hall–Kier alpha value is -2.35. The summed E-state index contributed by atoms with van der Waals surface area (Å²) in [4.78, 5) is 0. The van der Waals surface area contributed by atoms with Crippen LogP contribution in [0.4, 0.5) is 0 Å². The molecule has 3 aromatic rings. The van der Waals surface area contributed by atoms with E-state index >= 15 is 0 Å². The van der Waals surface area contributed by atoms with Crippen molar-refractivity contribution in [1.82, 2.24) is 4.57 Å². The van der Waals surface area contributed by atoms with Gasteiger partial charge in [0.1, 0.15) is 18.4 Å². The second-order valence-corrected chi connectivity index (χ2v) is 18.8. The number of rotatable bonds is 40. The van der Waals surface area contributed by atoms with E-state index in [0.717, 1.165) is 13.0 Å². The molecule has 3 rings (SSSR count). The fourth-order valence-corrected chi connectivity index (χ4v) is 9.68. The lowest BCUT2D eigenvalue weighted by Gasteiger charge is -2.37. The molecular weight excluding hydrogens is 701 g/mol. The Morgan fingerprint density at radius 3 is 1.22 bits per heavy atom. The SMILES string of the molecule is CCCCCCCCCCCCCCCCCCC[n+]1ccn(C(CCCCCCCCCCCCCCCCCC)C(C)(Cc2ccccc2)c2ccccc2)c1. The van der Waals surface area contributed by atoms with E-state index in [1.807, 2.05) is 0 Å². The van der Waals surface area contributed by atoms with E-state index in [0.29, 0.717) is 6.04 Å². The molecule has 2 heteroatoms. The van der Waals surface area contributed by atoms with Crippen LogP contribution in [0.3, 0.4) is 0 Å². The summed E-state index contributed by atoms with van der Waals surface area (Å²) in [5.74, 6) is 0. The highest BCUT2D eigenvalue weighted by Crippen LogP contribution is 2.42. The van der Waals surface area contributed by atoms with Crippen LogP contribution in [-0.4, -0.2) is 4.57 Å². The molecule has 0 spiro atoms. The van der Waals surface area contributed by atoms with E-state index in [4.69, 9.17) is 0 Å². The number of benzene rings is 2. The number of aromatic nitrogens is 2. The van der Waals surface area contributed by atoms with Crippen LogP contribution in [-0.2, 0) is 18.4 Å². The Labute approximate surface area is 361 Å². The van der Waals surface area contributed by atoms with Crippen molar-refractivity contribution in [2.45, 2.75) is 264 Å². The first-order valence-electron chi connectivity index (χ1n) is 25.8. The number of nitrogens with zero attached hydrogens (tertiary/aromatic N) is 2. The Morgan fingerprint density at radius 2 is 0.810 bits per heavy atom. The topological polar surface area (TPSA) is 8.81 Å². The maximum Gasteiger partial charge on any atom is 0.244 e. The standard InChI is InChI=1S/C56H95N2/c1-4-6-8-10-12-14-16-18-20-22-24-26-28-30-32-34-42-48-57-49-50-58(52-57)55(56(3,54-45-39-36-40-46-54)51-53-43-37-35-38-44-53)47-41-33-31-29-27-25-23-21-19-17-15-13-11-9-7-5-2/h35-40,43-46,49-50,52,55H,4-34,41-42,47-48,51H2,1-3H3/q+1. The van der Waals surface area contributed by atoms with E-state index in [9.17, 15) is 0 Å². The summed E-state index contributed by atoms with van der Waals surface area (Å²) in [5, 5.41) is 0. The minimum atomic E-state index is 0.00283. The van der Waals surface area contributed by atoms with Crippen LogP contribution in [0.1, 0.15) is 256 Å². The number of imidazole rings is 1. The third-order valence-corrected chi connectivity index (χ3v) is 13.5. The quantitative estimate of drug-likeness (QED) is 0.0400. The number of aryl methyl sites for hydroxylation is 1. The third-order valence-electron chi connectivity index (χ3n) is 13.5. The molecule has 0 radical (unpaired) electrons. The van der Waals surface area contributed by atoms with Crippen LogP contribution in [0.15, 0.2) is 79.4 Å². The molecule has 1 heterocycles. The molecule has 58 heavy (non-hydrogen) atoms. The van der Waals surface area contributed by atoms with Crippen LogP contribution in [0, 0.1) is 0 Å². The van der Waals surface area contributed by atoms with Crippen molar-refractivity contribution in [1.29, 1.82) is 0 Å². The molecule has 0 N–H and O–H groups in total. The zero-order valence-electron chi connectivity index (χ0n) is 38.9. The van der Waals surface area contributed by atoms with E-state index in [-0.39, 0.29) is 5.41 Å². The smallest absolute Gasteiger partial charge is 0.237 e. The van der Waals surface area contributed by atoms with Gasteiger partial charge in [-0.2, -0.15) is 0 Å². The number of hydrogen-bond donors (Lipinski definition) is 0. The maximum atomic E-state index is 2.61. The third kappa shape index (κ3) is 22.9. The minimum absolute atomic E-state index is 0.00283. The molecule has 0 saturated heterocycles. The van der Waals surface area contributed by atoms with Crippen LogP contribution in [0.5, 0.6) is 0 Å². The lowest BCUT2D eigenvalue weighted by atomic mass is 9.70. The molecule has 2 aromatic carbocycles. The zero-order chi connectivity index (χ0) is 41.0. The second kappa shape index (κ2) is 34.4. The van der Waals surface area contributed by atoms with E-state index in [2.05, 4.69) is 109 Å². The predicted molar refractivity (Wildman–Crippen MR) is 256 cm³/mol. The van der Waals surface area contributed by atoms with Crippen LogP contribution in [0.25, 0.3) is 0 Å². The maximum absolute atomic E-state index is 2.61. The molecule has 2 unspecified atom stereocenters. The molecule has 0 aliphatic rings. The van der Waals surface area contributed by atoms with Gasteiger partial charge in [0.05, 0.1) is 6.54 Å². The average Bonchev–Trinajstić information content (AvgIpc) is 3.72. The summed E-state index contributed by atoms with van der Waals surface area (Å²) < 4.78 is 5.09. The van der Waals surface area contributed by atoms with Gasteiger partial charge < -0.3 is 0 Å². The lowest BCUT2D eigenvalue weighted by Crippen LogP contribution is -2.38. The monoisotopic (exact) mass is 796 g/mol. The summed E-state index contributed by atoms with van der Waals surface area (Å²) >= 11 is 0. The molecule has 2 nitrogen and oxygen atoms in total. The van der Waals surface area contributed by atoms with E-state index in [1.165, 1.54) is 229 Å². The second-order valence-electron chi connectivity index (χ2n) is 18.8. The highest BCUT2D eigenvalue weighted by molar-refractivity contribution is 5.31. The van der Waals surface area contributed by atoms with E-state index in [1.54, 1.807) is 0 Å². The van der Waals surface area contributed by atoms with Gasteiger partial charge in [0.25, 0.3) is 0 Å². The molecule has 2 atom stereocenters. The van der Waals surface area contributed by atoms with Gasteiger partial charge in [-0.05, 0) is 43.2 Å². The first kappa shape index (κ1) is 50.0. The molecule has 328 valence electrons. The van der Waals surface area contributed by atoms with Gasteiger partial charge in [-0.15, -0.1) is 0 Å². The highest BCUT2D eigenvalue weighted by atomic mass is 15.1. The van der Waals surface area contributed by atoms with E-state index < -0.39 is 0 Å². The van der Waals surface area contributed by atoms with Crippen molar-refractivity contribution in [3.05, 3.63) is 90.5 Å². The van der Waals surface area contributed by atoms with Crippen molar-refractivity contribution >= 4 is 0 Å². The Morgan fingerprint density at radius 1 is 0.448 bits per heavy atom. The number of unbranched alkanes of at least 4 members (excludes halogenated alkanes) is 31. The van der Waals surface area contributed by atoms with Crippen molar-refractivity contribution in [3.8, 4) is 0 Å². The molecule has 0 aliphatic heterocycles. The summed E-state index contributed by atoms with van der Waals surface area (Å²) in [6, 6.07) is 23.1. The van der Waals surface area contributed by atoms with Crippen molar-refractivity contribution < 1.29 is 4.57 Å². The molecule has 0 bridgehead atoms. The Kier molecular flexibility index (Phi) is 29.6. The summed E-state index contributed by atoms with van der Waals surface area (Å²) in [7, 11) is 0. The van der Waals surface area contributed by atoms with Gasteiger partial charge in [-0.3, -0.25) is 0 Å². The van der Waals surface area contributed by atoms with Gasteiger partial charge in [0.2, 0.25) is 6.33 Å². The van der Waals surface area contributed by atoms with Crippen molar-refractivity contribution in [2.75, 3.05) is 0 Å². The van der Waals surface area contributed by atoms with Gasteiger partial charge >= 0.3 is 0 Å². The summed E-state index contributed by atoms with van der Waals surface area (Å²) in [6.07, 6.45) is 56.5. The largest absolute Gasteiger partial charge is 0.244 e. The molecule has 0 aliphatic carbocycles. The highest BCUT2D eigenvalue weighted by Gasteiger charge is 2.40. The zero-order valence-corrected chi connectivity index (χ0v) is 38.9. The predicted octanol–water partition coefficient (Wildman–Crippen LogP) is 17.8. The van der Waals surface area contributed by atoms with Gasteiger partial charge in [-0.1, -0.05) is 274 Å². The van der Waals surface area contributed by atoms with Crippen LogP contribution in [0.2, 0.25) is 0 Å². The molecule has 0 fully saturated rings. The summed E-state index contributed by atoms with van der Waals surface area (Å²) in [6.45, 7) is 8.31. The Bertz CT molecular complexity index is 1300. The normalized spacial score (nSPS) is 13.2.